The van der Waals surface area contributed by atoms with E-state index in [4.69, 9.17) is 9.39 Å². The van der Waals surface area contributed by atoms with Gasteiger partial charge >= 0.3 is 7.12 Å². The third-order valence-electron chi connectivity index (χ3n) is 2.25. The Balaban J connectivity index is 2.17. The van der Waals surface area contributed by atoms with Crippen LogP contribution in [0.3, 0.4) is 0 Å². The van der Waals surface area contributed by atoms with Crippen LogP contribution in [0.4, 0.5) is 0 Å². The lowest BCUT2D eigenvalue weighted by Gasteiger charge is -2.06. The molecule has 0 spiro atoms. The lowest BCUT2D eigenvalue weighted by atomic mass is 9.79. The molecule has 0 radical (unpaired) electrons. The number of fused-ring (bicyclic) bond motifs is 1. The van der Waals surface area contributed by atoms with Crippen LogP contribution >= 0.6 is 0 Å². The van der Waals surface area contributed by atoms with Gasteiger partial charge in [-0.05, 0) is 29.6 Å². The summed E-state index contributed by atoms with van der Waals surface area (Å²) in [6.45, 7) is 3.26. The van der Waals surface area contributed by atoms with Gasteiger partial charge in [-0.1, -0.05) is 13.0 Å². The second-order valence-corrected chi connectivity index (χ2v) is 3.37. The summed E-state index contributed by atoms with van der Waals surface area (Å²) in [5.41, 5.74) is 1.87. The molecule has 0 aromatic heterocycles. The quantitative estimate of drug-likeness (QED) is 0.716. The Kier molecular flexibility index (Phi) is 2.75. The summed E-state index contributed by atoms with van der Waals surface area (Å²) in [6, 6.07) is 5.70. The van der Waals surface area contributed by atoms with Crippen molar-refractivity contribution in [2.45, 2.75) is 20.0 Å². The SMILES string of the molecule is CCCOc1ccc2c(c1)B(O)OC2. The number of hydrogen-bond acceptors (Lipinski definition) is 3. The Bertz CT molecular complexity index is 327. The predicted molar refractivity (Wildman–Crippen MR) is 54.6 cm³/mol. The molecular weight excluding hydrogens is 179 g/mol. The average molecular weight is 192 g/mol. The first-order valence-corrected chi connectivity index (χ1v) is 4.86. The molecule has 0 saturated heterocycles. The minimum Gasteiger partial charge on any atom is -0.494 e. The van der Waals surface area contributed by atoms with Crippen LogP contribution < -0.4 is 10.2 Å². The average Bonchev–Trinajstić information content (AvgIpc) is 2.57. The van der Waals surface area contributed by atoms with Gasteiger partial charge in [-0.2, -0.15) is 0 Å². The Morgan fingerprint density at radius 3 is 3.21 bits per heavy atom. The molecule has 0 bridgehead atoms. The number of rotatable bonds is 3. The van der Waals surface area contributed by atoms with Gasteiger partial charge < -0.3 is 14.4 Å². The maximum Gasteiger partial charge on any atom is 0.491 e. The van der Waals surface area contributed by atoms with Gasteiger partial charge in [0.15, 0.2) is 0 Å². The molecule has 1 aliphatic rings. The summed E-state index contributed by atoms with van der Waals surface area (Å²) in [5.74, 6) is 0.801. The van der Waals surface area contributed by atoms with E-state index in [0.29, 0.717) is 13.2 Å². The smallest absolute Gasteiger partial charge is 0.491 e. The van der Waals surface area contributed by atoms with E-state index in [9.17, 15) is 5.02 Å². The normalized spacial score (nSPS) is 14.3. The molecule has 0 aliphatic carbocycles. The van der Waals surface area contributed by atoms with Gasteiger partial charge in [0.25, 0.3) is 0 Å². The molecule has 74 valence electrons. The predicted octanol–water partition coefficient (Wildman–Crippen LogP) is 0.693. The molecule has 1 aliphatic heterocycles. The molecule has 0 fully saturated rings. The van der Waals surface area contributed by atoms with Crippen LogP contribution in [0, 0.1) is 0 Å². The van der Waals surface area contributed by atoms with Crippen LogP contribution in [0.25, 0.3) is 0 Å². The second-order valence-electron chi connectivity index (χ2n) is 3.37. The largest absolute Gasteiger partial charge is 0.494 e. The molecule has 0 amide bonds. The fourth-order valence-corrected chi connectivity index (χ4v) is 1.50. The summed E-state index contributed by atoms with van der Waals surface area (Å²) in [4.78, 5) is 0. The van der Waals surface area contributed by atoms with Crippen LogP contribution in [-0.2, 0) is 11.3 Å². The lowest BCUT2D eigenvalue weighted by molar-refractivity contribution is 0.275. The molecular formula is C10H13BO3. The first-order valence-electron chi connectivity index (χ1n) is 4.86. The topological polar surface area (TPSA) is 38.7 Å². The molecule has 1 aromatic rings. The Hall–Kier alpha value is -0.995. The first kappa shape index (κ1) is 9.56. The first-order chi connectivity index (χ1) is 6.81. The molecule has 2 rings (SSSR count). The zero-order chi connectivity index (χ0) is 9.97. The van der Waals surface area contributed by atoms with E-state index >= 15 is 0 Å². The Labute approximate surface area is 83.8 Å². The maximum absolute atomic E-state index is 9.45. The Morgan fingerprint density at radius 1 is 1.57 bits per heavy atom. The van der Waals surface area contributed by atoms with Gasteiger partial charge in [-0.25, -0.2) is 0 Å². The highest BCUT2D eigenvalue weighted by molar-refractivity contribution is 6.61. The lowest BCUT2D eigenvalue weighted by Crippen LogP contribution is -2.28. The van der Waals surface area contributed by atoms with Crippen LogP contribution in [0.2, 0.25) is 0 Å². The van der Waals surface area contributed by atoms with E-state index < -0.39 is 7.12 Å². The van der Waals surface area contributed by atoms with Gasteiger partial charge in [0.05, 0.1) is 13.2 Å². The van der Waals surface area contributed by atoms with Crippen molar-refractivity contribution in [1.29, 1.82) is 0 Å². The van der Waals surface area contributed by atoms with Crippen LogP contribution in [0.1, 0.15) is 18.9 Å². The highest BCUT2D eigenvalue weighted by atomic mass is 16.5. The highest BCUT2D eigenvalue weighted by Gasteiger charge is 2.27. The molecule has 0 unspecified atom stereocenters. The van der Waals surface area contributed by atoms with Crippen molar-refractivity contribution in [2.24, 2.45) is 0 Å². The number of hydrogen-bond donors (Lipinski definition) is 1. The molecule has 0 saturated carbocycles. The van der Waals surface area contributed by atoms with Crippen molar-refractivity contribution in [3.8, 4) is 5.75 Å². The van der Waals surface area contributed by atoms with Gasteiger partial charge in [-0.3, -0.25) is 0 Å². The highest BCUT2D eigenvalue weighted by Crippen LogP contribution is 2.16. The van der Waals surface area contributed by atoms with Gasteiger partial charge in [0.2, 0.25) is 0 Å². The van der Waals surface area contributed by atoms with Crippen molar-refractivity contribution in [2.75, 3.05) is 6.61 Å². The van der Waals surface area contributed by atoms with Crippen LogP contribution in [0.15, 0.2) is 18.2 Å². The van der Waals surface area contributed by atoms with E-state index in [1.165, 1.54) is 0 Å². The van der Waals surface area contributed by atoms with Crippen molar-refractivity contribution in [3.05, 3.63) is 23.8 Å². The fraction of sp³-hybridized carbons (Fsp3) is 0.400. The van der Waals surface area contributed by atoms with E-state index in [2.05, 4.69) is 6.92 Å². The fourth-order valence-electron chi connectivity index (χ4n) is 1.50. The van der Waals surface area contributed by atoms with Crippen molar-refractivity contribution in [3.63, 3.8) is 0 Å². The van der Waals surface area contributed by atoms with Crippen molar-refractivity contribution < 1.29 is 14.4 Å². The zero-order valence-electron chi connectivity index (χ0n) is 8.19. The molecule has 1 heterocycles. The molecule has 0 atom stereocenters. The third kappa shape index (κ3) is 1.76. The summed E-state index contributed by atoms with van der Waals surface area (Å²) >= 11 is 0. The summed E-state index contributed by atoms with van der Waals surface area (Å²) in [5, 5.41) is 9.45. The molecule has 1 aromatic carbocycles. The van der Waals surface area contributed by atoms with Gasteiger partial charge in [0.1, 0.15) is 5.75 Å². The standard InChI is InChI=1S/C10H13BO3/c1-2-5-13-9-4-3-8-7-14-11(12)10(8)6-9/h3-4,6,12H,2,5,7H2,1H3. The molecule has 3 nitrogen and oxygen atoms in total. The van der Waals surface area contributed by atoms with Crippen molar-refractivity contribution >= 4 is 12.6 Å². The van der Waals surface area contributed by atoms with Gasteiger partial charge in [-0.15, -0.1) is 0 Å². The minimum atomic E-state index is -0.782. The molecule has 4 heteroatoms. The van der Waals surface area contributed by atoms with E-state index in [-0.39, 0.29) is 0 Å². The molecule has 14 heavy (non-hydrogen) atoms. The summed E-state index contributed by atoms with van der Waals surface area (Å²) in [6.07, 6.45) is 0.982. The van der Waals surface area contributed by atoms with E-state index in [1.54, 1.807) is 0 Å². The number of ether oxygens (including phenoxy) is 1. The monoisotopic (exact) mass is 192 g/mol. The molecule has 1 N–H and O–H groups in total. The van der Waals surface area contributed by atoms with Crippen molar-refractivity contribution in [1.82, 2.24) is 0 Å². The summed E-state index contributed by atoms with van der Waals surface area (Å²) in [7, 11) is -0.782. The summed E-state index contributed by atoms with van der Waals surface area (Å²) < 4.78 is 10.5. The van der Waals surface area contributed by atoms with E-state index in [1.807, 2.05) is 18.2 Å². The number of benzene rings is 1. The minimum absolute atomic E-state index is 0.491. The van der Waals surface area contributed by atoms with Crippen LogP contribution in [0.5, 0.6) is 5.75 Å². The second kappa shape index (κ2) is 4.03. The van der Waals surface area contributed by atoms with E-state index in [0.717, 1.165) is 23.2 Å². The Morgan fingerprint density at radius 2 is 2.43 bits per heavy atom. The zero-order valence-corrected chi connectivity index (χ0v) is 8.19. The van der Waals surface area contributed by atoms with Crippen LogP contribution in [-0.4, -0.2) is 18.7 Å². The van der Waals surface area contributed by atoms with Gasteiger partial charge in [0, 0.05) is 0 Å². The third-order valence-corrected chi connectivity index (χ3v) is 2.25. The maximum atomic E-state index is 9.45.